The zero-order chi connectivity index (χ0) is 104. The standard InChI is InChI=1S/C27H31FN6O3.2C27H32N6O3.C26H30N6O3/c1-5-18(19-7-6-8-21(28)16(19)2)15-23(35)34-24(26(37)33(4)27-31-11-12-32(27)3)20(25(34)36)13-17-9-10-30-22(29)14-17;1-17(2)20(19-8-6-5-7-9-19)16-23(34)33-24(26(36)32(4)27-30-12-13-31(27)3)21(25(33)35)14-18-10-11-29-22(28)15-18;1-5-19(20-8-6-17(2)7-9-20)16-23(34)33-24(26(36)32(4)27-30-12-13-31(27)3)21(25(33)35)14-18-10-11-29-22(28)15-18;1-4-18(19-8-6-5-7-9-19)14-23(33)32-24(26(35)31(3)20-15-29-30(2)16-20)21(25(32)34)12-17-10-11-28-22(27)13-17/h6-12,14,18,20,24H,5,13,15H2,1-4H3,(H2,29,30);5-13,15,17,20-21,24H,14,16H2,1-4H3,(H2,28,29);6-13,15,19,21,24H,5,14,16H2,1-4H3,(H2,28,29);5-11,13,15-16,18,21,24H,4,12,14H2,1-3H3,(H2,27,28)/t18-,20+,24-;20-,21-,24+;19-,21+,24-;18-,21+,24-/m0100/s1. The lowest BCUT2D eigenvalue weighted by Gasteiger charge is -2.46. The van der Waals surface area contributed by atoms with Crippen molar-refractivity contribution in [3.05, 3.63) is 287 Å². The van der Waals surface area contributed by atoms with Crippen LogP contribution in [0.15, 0.2) is 226 Å². The van der Waals surface area contributed by atoms with Crippen LogP contribution in [0.5, 0.6) is 0 Å². The van der Waals surface area contributed by atoms with E-state index in [4.69, 9.17) is 22.9 Å². The van der Waals surface area contributed by atoms with Crippen LogP contribution in [-0.2, 0) is 111 Å². The summed E-state index contributed by atoms with van der Waals surface area (Å²) in [7, 11) is 13.5. The zero-order valence-electron chi connectivity index (χ0n) is 83.7. The Kier molecular flexibility index (Phi) is 34.0. The molecule has 37 heteroatoms. The molecular weight excluding hydrogens is 1830 g/mol. The Morgan fingerprint density at radius 1 is 0.382 bits per heavy atom. The van der Waals surface area contributed by atoms with Crippen molar-refractivity contribution in [3.63, 3.8) is 0 Å². The van der Waals surface area contributed by atoms with Gasteiger partial charge in [-0.25, -0.2) is 39.3 Å². The van der Waals surface area contributed by atoms with Gasteiger partial charge >= 0.3 is 0 Å². The lowest BCUT2D eigenvalue weighted by Crippen LogP contribution is -2.69. The molecule has 0 radical (unpaired) electrons. The number of benzene rings is 4. The van der Waals surface area contributed by atoms with Crippen molar-refractivity contribution in [2.24, 2.45) is 57.8 Å². The molecule has 4 aliphatic rings. The van der Waals surface area contributed by atoms with Crippen LogP contribution in [0, 0.1) is 49.3 Å². The Balaban J connectivity index is 0.000000161. The van der Waals surface area contributed by atoms with Gasteiger partial charge in [0.15, 0.2) is 0 Å². The van der Waals surface area contributed by atoms with Gasteiger partial charge in [-0.3, -0.25) is 96.5 Å². The number of nitrogens with two attached hydrogens (primary N) is 4. The number of imide groups is 4. The zero-order valence-corrected chi connectivity index (χ0v) is 83.7. The van der Waals surface area contributed by atoms with Gasteiger partial charge in [0.25, 0.3) is 23.6 Å². The molecule has 0 bridgehead atoms. The van der Waals surface area contributed by atoms with Gasteiger partial charge in [0, 0.05) is 150 Å². The minimum Gasteiger partial charge on any atom is -0.384 e. The van der Waals surface area contributed by atoms with Crippen molar-refractivity contribution in [3.8, 4) is 0 Å². The number of likely N-dealkylation sites (N-methyl/N-ethyl adjacent to an activating group) is 4. The van der Waals surface area contributed by atoms with Crippen LogP contribution in [0.25, 0.3) is 0 Å². The number of anilines is 8. The molecule has 0 spiro atoms. The second-order valence-electron chi connectivity index (χ2n) is 37.4. The third-order valence-electron chi connectivity index (χ3n) is 27.6. The Labute approximate surface area is 836 Å². The summed E-state index contributed by atoms with van der Waals surface area (Å²) in [6, 6.07) is 42.4. The van der Waals surface area contributed by atoms with Crippen LogP contribution < -0.4 is 42.5 Å². The maximum atomic E-state index is 14.2. The van der Waals surface area contributed by atoms with Crippen LogP contribution in [0.1, 0.15) is 159 Å². The highest BCUT2D eigenvalue weighted by Crippen LogP contribution is 2.42. The van der Waals surface area contributed by atoms with Gasteiger partial charge in [-0.2, -0.15) is 5.10 Å². The Morgan fingerprint density at radius 3 is 1.01 bits per heavy atom. The second-order valence-corrected chi connectivity index (χ2v) is 37.4. The highest BCUT2D eigenvalue weighted by Gasteiger charge is 2.60. The van der Waals surface area contributed by atoms with E-state index in [-0.39, 0.29) is 134 Å². The molecular formula is C107H125FN24O12. The molecule has 0 aliphatic carbocycles. The van der Waals surface area contributed by atoms with Crippen LogP contribution in [0.2, 0.25) is 0 Å². The number of carbonyl (C=O) groups excluding carboxylic acids is 12. The molecule has 36 nitrogen and oxygen atoms in total. The summed E-state index contributed by atoms with van der Waals surface area (Å²) in [6.07, 6.45) is 23.1. The number of hydrogen-bond donors (Lipinski definition) is 4. The lowest BCUT2D eigenvalue weighted by molar-refractivity contribution is -0.171. The van der Waals surface area contributed by atoms with Crippen LogP contribution in [-0.4, -0.2) is 201 Å². The summed E-state index contributed by atoms with van der Waals surface area (Å²) in [4.78, 5) is 201. The van der Waals surface area contributed by atoms with Crippen LogP contribution in [0.4, 0.5) is 51.2 Å². The molecule has 16 rings (SSSR count). The maximum Gasteiger partial charge on any atom is 0.253 e. The van der Waals surface area contributed by atoms with E-state index < -0.39 is 65.6 Å². The van der Waals surface area contributed by atoms with Gasteiger partial charge in [-0.1, -0.05) is 137 Å². The highest BCUT2D eigenvalue weighted by atomic mass is 19.1. The summed E-state index contributed by atoms with van der Waals surface area (Å²) in [5.41, 5.74) is 32.4. The fourth-order valence-electron chi connectivity index (χ4n) is 19.3. The number of amides is 12. The summed E-state index contributed by atoms with van der Waals surface area (Å²) < 4.78 is 20.9. The summed E-state index contributed by atoms with van der Waals surface area (Å²) >= 11 is 0. The first-order chi connectivity index (χ1) is 68.8. The molecule has 0 saturated carbocycles. The van der Waals surface area contributed by atoms with Crippen molar-refractivity contribution >= 4 is 118 Å². The quantitative estimate of drug-likeness (QED) is 0.0284. The fourth-order valence-corrected chi connectivity index (χ4v) is 19.3. The maximum absolute atomic E-state index is 14.2. The summed E-state index contributed by atoms with van der Waals surface area (Å²) in [6.45, 7) is 13.7. The van der Waals surface area contributed by atoms with E-state index in [2.05, 4.69) is 53.8 Å². The molecule has 4 aromatic carbocycles. The van der Waals surface area contributed by atoms with E-state index in [0.29, 0.717) is 65.2 Å². The molecule has 12 amide bonds. The smallest absolute Gasteiger partial charge is 0.253 e. The SMILES string of the molecule is CC(C)[C@@H](CC(=O)N1C(=O)[C@H](Cc2ccnc(N)c2)[C@H]1C(=O)N(C)c1nccn1C)c1ccccc1.CC[C@@H](CC(=O)N1C(=O)[C@H](Cc2ccnc(N)c2)[C@H]1C(=O)N(C)c1cnn(C)c1)c1ccccc1.CC[C@@H](CC(=O)N1C(=O)[C@H](Cc2ccnc(N)c2)[C@H]1C(=O)N(C)c1nccn1C)c1ccc(C)cc1.CC[C@@H](CC(=O)N1C(=O)[C@H](Cc2ccnc(N)c2)[C@H]1C(=O)N(C)c1nccn1C)c1cccc(F)c1C. The monoisotopic (exact) mass is 1960 g/mol. The highest BCUT2D eigenvalue weighted by molar-refractivity contribution is 6.16. The average Bonchev–Trinajstić information content (AvgIpc) is 0.959. The van der Waals surface area contributed by atoms with Gasteiger partial charge in [-0.05, 0) is 193 Å². The number of imidazole rings is 3. The average molecular weight is 1960 g/mol. The number of carbonyl (C=O) groups is 12. The number of aromatic nitrogens is 12. The van der Waals surface area contributed by atoms with E-state index in [1.165, 1.54) is 25.7 Å². The third-order valence-corrected chi connectivity index (χ3v) is 27.6. The Hall–Kier alpha value is -16.1. The number of β-lactam (4-membered cyclic amide) rings is 4. The number of aryl methyl sites for hydroxylation is 5. The first-order valence-corrected chi connectivity index (χ1v) is 48.0. The second kappa shape index (κ2) is 46.5. The number of nitrogen functional groups attached to an aromatic ring is 4. The molecule has 0 unspecified atom stereocenters. The molecule has 12 heterocycles. The molecule has 4 aliphatic heterocycles. The van der Waals surface area contributed by atoms with Gasteiger partial charge in [0.1, 0.15) is 53.3 Å². The van der Waals surface area contributed by atoms with Crippen molar-refractivity contribution in [1.82, 2.24) is 78.0 Å². The lowest BCUT2D eigenvalue weighted by atomic mass is 9.79. The molecule has 12 aromatic rings. The number of likely N-dealkylation sites (tertiary alicyclic amines) is 4. The first kappa shape index (κ1) is 105. The third kappa shape index (κ3) is 23.5. The van der Waals surface area contributed by atoms with E-state index in [9.17, 15) is 61.9 Å². The molecule has 752 valence electrons. The van der Waals surface area contributed by atoms with Gasteiger partial charge < -0.3 is 41.5 Å². The van der Waals surface area contributed by atoms with Gasteiger partial charge in [0.05, 0.1) is 35.6 Å². The molecule has 144 heavy (non-hydrogen) atoms. The Bertz CT molecular complexity index is 6660. The Morgan fingerprint density at radius 2 is 0.701 bits per heavy atom. The van der Waals surface area contributed by atoms with E-state index in [1.807, 2.05) is 113 Å². The molecule has 8 aromatic heterocycles. The number of hydrogen-bond acceptors (Lipinski definition) is 24. The number of halogens is 1. The molecule has 12 atom stereocenters. The van der Waals surface area contributed by atoms with Crippen molar-refractivity contribution in [2.75, 3.05) is 70.7 Å². The predicted octanol–water partition coefficient (Wildman–Crippen LogP) is 11.2. The minimum absolute atomic E-state index is 0.0165. The van der Waals surface area contributed by atoms with Gasteiger partial charge in [0.2, 0.25) is 65.1 Å². The number of nitrogens with zero attached hydrogens (tertiary/aromatic N) is 20. The first-order valence-electron chi connectivity index (χ1n) is 48.0. The summed E-state index contributed by atoms with van der Waals surface area (Å²) in [5, 5.41) is 4.13. The van der Waals surface area contributed by atoms with E-state index in [0.717, 1.165) is 82.5 Å². The van der Waals surface area contributed by atoms with E-state index in [1.54, 1.807) is 217 Å². The largest absolute Gasteiger partial charge is 0.384 e. The van der Waals surface area contributed by atoms with E-state index >= 15 is 0 Å². The minimum atomic E-state index is -0.998. The normalized spacial score (nSPS) is 18.0. The topological polar surface area (TPSA) is 458 Å². The molecule has 8 N–H and O–H groups in total. The van der Waals surface area contributed by atoms with Crippen molar-refractivity contribution < 1.29 is 61.9 Å². The van der Waals surface area contributed by atoms with Gasteiger partial charge in [-0.15, -0.1) is 0 Å². The van der Waals surface area contributed by atoms with Crippen molar-refractivity contribution in [1.29, 1.82) is 0 Å². The van der Waals surface area contributed by atoms with Crippen molar-refractivity contribution in [2.45, 2.75) is 167 Å². The summed E-state index contributed by atoms with van der Waals surface area (Å²) in [5.74, 6) is -5.20. The predicted molar refractivity (Wildman–Crippen MR) is 543 cm³/mol. The fraction of sp³-hybridized carbons (Fsp3) is 0.364. The number of rotatable bonds is 32. The van der Waals surface area contributed by atoms with Crippen LogP contribution in [0.3, 0.4) is 0 Å². The number of pyridine rings is 4. The molecule has 4 saturated heterocycles. The molecule has 4 fully saturated rings. The van der Waals surface area contributed by atoms with Crippen LogP contribution >= 0.6 is 0 Å².